The molecule has 1 rings (SSSR count). The Bertz CT molecular complexity index is 329. The molecule has 0 saturated heterocycles. The molecule has 0 aromatic heterocycles. The van der Waals surface area contributed by atoms with E-state index < -0.39 is 0 Å². The lowest BCUT2D eigenvalue weighted by molar-refractivity contribution is 0.586. The van der Waals surface area contributed by atoms with E-state index in [0.717, 1.165) is 34.3 Å². The maximum atomic E-state index is 6.07. The van der Waals surface area contributed by atoms with Crippen LogP contribution in [0.1, 0.15) is 20.3 Å². The van der Waals surface area contributed by atoms with Gasteiger partial charge in [0.05, 0.1) is 5.02 Å². The first-order chi connectivity index (χ1) is 7.59. The minimum absolute atomic E-state index is 0.556. The minimum atomic E-state index is 0.556. The molecule has 0 atom stereocenters. The number of hydrogen-bond acceptors (Lipinski definition) is 3. The van der Waals surface area contributed by atoms with Crippen LogP contribution in [0.15, 0.2) is 23.1 Å². The van der Waals surface area contributed by atoms with Crippen molar-refractivity contribution in [1.82, 2.24) is 5.32 Å². The van der Waals surface area contributed by atoms with Crippen LogP contribution in [0.4, 0.5) is 5.69 Å². The van der Waals surface area contributed by atoms with Crippen LogP contribution in [-0.4, -0.2) is 18.3 Å². The number of anilines is 1. The number of benzene rings is 1. The van der Waals surface area contributed by atoms with Crippen molar-refractivity contribution in [3.63, 3.8) is 0 Å². The van der Waals surface area contributed by atoms with Gasteiger partial charge in [-0.3, -0.25) is 0 Å². The third-order valence-electron chi connectivity index (χ3n) is 2.09. The van der Waals surface area contributed by atoms with Gasteiger partial charge in [0.15, 0.2) is 0 Å². The van der Waals surface area contributed by atoms with E-state index in [0.29, 0.717) is 6.04 Å². The summed E-state index contributed by atoms with van der Waals surface area (Å²) in [5, 5.41) is 4.17. The molecule has 0 amide bonds. The lowest BCUT2D eigenvalue weighted by Crippen LogP contribution is -2.23. The quantitative estimate of drug-likeness (QED) is 0.467. The fraction of sp³-hybridized carbons (Fsp3) is 0.500. The maximum Gasteiger partial charge on any atom is 0.0543 e. The topological polar surface area (TPSA) is 38.0 Å². The fourth-order valence-corrected chi connectivity index (χ4v) is 2.49. The number of hydrogen-bond donors (Lipinski definition) is 2. The van der Waals surface area contributed by atoms with Crippen molar-refractivity contribution in [3.8, 4) is 0 Å². The van der Waals surface area contributed by atoms with Crippen LogP contribution in [0.3, 0.4) is 0 Å². The van der Waals surface area contributed by atoms with E-state index in [1.165, 1.54) is 0 Å². The monoisotopic (exact) mass is 258 g/mol. The molecule has 0 unspecified atom stereocenters. The first kappa shape index (κ1) is 13.7. The molecule has 0 saturated carbocycles. The van der Waals surface area contributed by atoms with Gasteiger partial charge in [-0.2, -0.15) is 0 Å². The zero-order valence-corrected chi connectivity index (χ0v) is 11.4. The fourth-order valence-electron chi connectivity index (χ4n) is 1.28. The van der Waals surface area contributed by atoms with E-state index in [4.69, 9.17) is 17.3 Å². The second-order valence-electron chi connectivity index (χ2n) is 4.00. The molecule has 0 aliphatic carbocycles. The van der Waals surface area contributed by atoms with Crippen molar-refractivity contribution < 1.29 is 0 Å². The predicted octanol–water partition coefficient (Wildman–Crippen LogP) is 3.40. The summed E-state index contributed by atoms with van der Waals surface area (Å²) in [5.41, 5.74) is 6.48. The average Bonchev–Trinajstić information content (AvgIpc) is 2.22. The van der Waals surface area contributed by atoms with Gasteiger partial charge in [0, 0.05) is 16.6 Å². The lowest BCUT2D eigenvalue weighted by atomic mass is 10.3. The number of nitrogens with one attached hydrogen (secondary N) is 1. The molecule has 0 spiro atoms. The van der Waals surface area contributed by atoms with E-state index in [2.05, 4.69) is 19.2 Å². The smallest absolute Gasteiger partial charge is 0.0543 e. The molecule has 0 aliphatic heterocycles. The predicted molar refractivity (Wildman–Crippen MR) is 74.3 cm³/mol. The van der Waals surface area contributed by atoms with Gasteiger partial charge in [-0.05, 0) is 36.9 Å². The van der Waals surface area contributed by atoms with Crippen molar-refractivity contribution in [2.75, 3.05) is 18.0 Å². The summed E-state index contributed by atoms with van der Waals surface area (Å²) in [4.78, 5) is 1.08. The van der Waals surface area contributed by atoms with Gasteiger partial charge in [0.25, 0.3) is 0 Å². The summed E-state index contributed by atoms with van der Waals surface area (Å²) in [5.74, 6) is 1.06. The summed E-state index contributed by atoms with van der Waals surface area (Å²) >= 11 is 7.83. The number of nitrogens with two attached hydrogens (primary N) is 1. The first-order valence-corrected chi connectivity index (χ1v) is 6.87. The molecule has 16 heavy (non-hydrogen) atoms. The second-order valence-corrected chi connectivity index (χ2v) is 5.54. The lowest BCUT2D eigenvalue weighted by Gasteiger charge is -2.08. The van der Waals surface area contributed by atoms with Gasteiger partial charge in [-0.1, -0.05) is 25.4 Å². The van der Waals surface area contributed by atoms with Crippen LogP contribution in [-0.2, 0) is 0 Å². The molecule has 1 aromatic carbocycles. The van der Waals surface area contributed by atoms with Crippen molar-refractivity contribution in [2.24, 2.45) is 0 Å². The Labute approximate surface area is 107 Å². The highest BCUT2D eigenvalue weighted by Gasteiger charge is 2.01. The Kier molecular flexibility index (Phi) is 6.03. The Balaban J connectivity index is 2.29. The minimum Gasteiger partial charge on any atom is -0.399 e. The molecule has 3 N–H and O–H groups in total. The van der Waals surface area contributed by atoms with E-state index in [-0.39, 0.29) is 0 Å². The van der Waals surface area contributed by atoms with Gasteiger partial charge in [-0.25, -0.2) is 0 Å². The Morgan fingerprint density at radius 2 is 2.19 bits per heavy atom. The molecular formula is C12H19ClN2S. The molecule has 0 heterocycles. The first-order valence-electron chi connectivity index (χ1n) is 5.51. The van der Waals surface area contributed by atoms with Crippen molar-refractivity contribution in [3.05, 3.63) is 23.2 Å². The summed E-state index contributed by atoms with van der Waals surface area (Å²) in [6.45, 7) is 5.36. The number of halogens is 1. The maximum absolute atomic E-state index is 6.07. The number of nitrogen functional groups attached to an aromatic ring is 1. The summed E-state index contributed by atoms with van der Waals surface area (Å²) in [6.07, 6.45) is 1.13. The highest BCUT2D eigenvalue weighted by atomic mass is 35.5. The van der Waals surface area contributed by atoms with E-state index in [1.54, 1.807) is 11.8 Å². The standard InChI is InChI=1S/C12H19ClN2S/c1-9(2)15-6-3-7-16-12-8-10(14)4-5-11(12)13/h4-5,8-9,15H,3,6-7,14H2,1-2H3. The van der Waals surface area contributed by atoms with Crippen LogP contribution in [0.25, 0.3) is 0 Å². The molecule has 4 heteroatoms. The Morgan fingerprint density at radius 3 is 2.88 bits per heavy atom. The summed E-state index contributed by atoms with van der Waals surface area (Å²) in [7, 11) is 0. The van der Waals surface area contributed by atoms with Crippen LogP contribution < -0.4 is 11.1 Å². The number of thioether (sulfide) groups is 1. The highest BCUT2D eigenvalue weighted by Crippen LogP contribution is 2.29. The van der Waals surface area contributed by atoms with Crippen LogP contribution in [0.5, 0.6) is 0 Å². The largest absolute Gasteiger partial charge is 0.399 e. The summed E-state index contributed by atoms with van der Waals surface area (Å²) < 4.78 is 0. The van der Waals surface area contributed by atoms with Crippen LogP contribution in [0, 0.1) is 0 Å². The average molecular weight is 259 g/mol. The van der Waals surface area contributed by atoms with E-state index in [1.807, 2.05) is 18.2 Å². The summed E-state index contributed by atoms with van der Waals surface area (Å²) in [6, 6.07) is 6.17. The van der Waals surface area contributed by atoms with Crippen molar-refractivity contribution in [1.29, 1.82) is 0 Å². The van der Waals surface area contributed by atoms with Crippen molar-refractivity contribution >= 4 is 29.1 Å². The molecule has 0 radical (unpaired) electrons. The normalized spacial score (nSPS) is 11.0. The second kappa shape index (κ2) is 7.05. The zero-order chi connectivity index (χ0) is 12.0. The van der Waals surface area contributed by atoms with Crippen molar-refractivity contribution in [2.45, 2.75) is 31.2 Å². The SMILES string of the molecule is CC(C)NCCCSc1cc(N)ccc1Cl. The molecule has 0 aliphatic rings. The third kappa shape index (κ3) is 5.10. The molecule has 2 nitrogen and oxygen atoms in total. The van der Waals surface area contributed by atoms with Gasteiger partial charge < -0.3 is 11.1 Å². The van der Waals surface area contributed by atoms with E-state index in [9.17, 15) is 0 Å². The molecule has 90 valence electrons. The molecule has 1 aromatic rings. The van der Waals surface area contributed by atoms with E-state index >= 15 is 0 Å². The molecule has 0 fully saturated rings. The van der Waals surface area contributed by atoms with Gasteiger partial charge >= 0.3 is 0 Å². The van der Waals surface area contributed by atoms with Gasteiger partial charge in [0.2, 0.25) is 0 Å². The number of rotatable bonds is 6. The zero-order valence-electron chi connectivity index (χ0n) is 9.79. The van der Waals surface area contributed by atoms with Crippen LogP contribution >= 0.6 is 23.4 Å². The third-order valence-corrected chi connectivity index (χ3v) is 3.67. The highest BCUT2D eigenvalue weighted by molar-refractivity contribution is 7.99. The van der Waals surface area contributed by atoms with Gasteiger partial charge in [0.1, 0.15) is 0 Å². The van der Waals surface area contributed by atoms with Crippen LogP contribution in [0.2, 0.25) is 5.02 Å². The molecular weight excluding hydrogens is 240 g/mol. The molecule has 0 bridgehead atoms. The Hall–Kier alpha value is -0.380. The van der Waals surface area contributed by atoms with Gasteiger partial charge in [-0.15, -0.1) is 11.8 Å². The Morgan fingerprint density at radius 1 is 1.44 bits per heavy atom.